The predicted molar refractivity (Wildman–Crippen MR) is 62.8 cm³/mol. The molecule has 0 aliphatic carbocycles. The van der Waals surface area contributed by atoms with Gasteiger partial charge in [-0.25, -0.2) is 4.79 Å². The van der Waals surface area contributed by atoms with Gasteiger partial charge in [-0.2, -0.15) is 0 Å². The quantitative estimate of drug-likeness (QED) is 0.461. The van der Waals surface area contributed by atoms with Crippen LogP contribution in [0.3, 0.4) is 0 Å². The third kappa shape index (κ3) is 10.4. The lowest BCUT2D eigenvalue weighted by molar-refractivity contribution is -0.155. The van der Waals surface area contributed by atoms with E-state index < -0.39 is 12.1 Å². The maximum absolute atomic E-state index is 10.7. The Morgan fingerprint density at radius 1 is 0.944 bits per heavy atom. The molecule has 0 amide bonds. The highest BCUT2D eigenvalue weighted by Crippen LogP contribution is 1.93. The molecule has 0 radical (unpaired) electrons. The van der Waals surface area contributed by atoms with Crippen molar-refractivity contribution in [2.24, 2.45) is 0 Å². The fourth-order valence-corrected chi connectivity index (χ4v) is 1.06. The molecule has 0 fully saturated rings. The second-order valence-electron chi connectivity index (χ2n) is 3.37. The van der Waals surface area contributed by atoms with Gasteiger partial charge in [0.1, 0.15) is 0 Å². The lowest BCUT2D eigenvalue weighted by atomic mass is 10.4. The molecule has 0 saturated carbocycles. The van der Waals surface area contributed by atoms with Crippen LogP contribution in [0.4, 0.5) is 0 Å². The normalized spacial score (nSPS) is 12.6. The Morgan fingerprint density at radius 3 is 2.00 bits per heavy atom. The zero-order chi connectivity index (χ0) is 13.6. The largest absolute Gasteiger partial charge is 0.479 e. The molecule has 7 heteroatoms. The highest BCUT2D eigenvalue weighted by atomic mass is 16.6. The summed E-state index contributed by atoms with van der Waals surface area (Å²) in [7, 11) is 3.03. The van der Waals surface area contributed by atoms with E-state index in [4.69, 9.17) is 28.8 Å². The molecule has 0 aromatic carbocycles. The first kappa shape index (κ1) is 17.3. The molecular formula is C11H22O7. The smallest absolute Gasteiger partial charge is 0.335 e. The second kappa shape index (κ2) is 12.7. The number of hydrogen-bond acceptors (Lipinski definition) is 6. The molecule has 0 spiro atoms. The van der Waals surface area contributed by atoms with E-state index in [0.29, 0.717) is 33.0 Å². The van der Waals surface area contributed by atoms with Crippen LogP contribution < -0.4 is 0 Å². The predicted octanol–water partition coefficient (Wildman–Crippen LogP) is -0.218. The maximum atomic E-state index is 10.7. The van der Waals surface area contributed by atoms with Crippen molar-refractivity contribution >= 4 is 5.97 Å². The van der Waals surface area contributed by atoms with Crippen LogP contribution in [0.1, 0.15) is 0 Å². The van der Waals surface area contributed by atoms with E-state index in [1.807, 2.05) is 0 Å². The first-order chi connectivity index (χ1) is 8.72. The standard InChI is InChI=1S/C11H22O7/c1-14-3-4-16-5-6-17-7-8-18-10(9-15-2)11(12)13/h10H,3-9H2,1-2H3,(H,12,13). The van der Waals surface area contributed by atoms with Crippen LogP contribution in [0.5, 0.6) is 0 Å². The van der Waals surface area contributed by atoms with Gasteiger partial charge in [-0.1, -0.05) is 0 Å². The zero-order valence-corrected chi connectivity index (χ0v) is 10.9. The Morgan fingerprint density at radius 2 is 1.50 bits per heavy atom. The second-order valence-corrected chi connectivity index (χ2v) is 3.37. The summed E-state index contributed by atoms with van der Waals surface area (Å²) in [6, 6.07) is 0. The van der Waals surface area contributed by atoms with E-state index in [0.717, 1.165) is 0 Å². The number of carboxylic acids is 1. The SMILES string of the molecule is COCCOCCOCCOC(COC)C(=O)O. The molecule has 0 rings (SSSR count). The van der Waals surface area contributed by atoms with Crippen LogP contribution in [0.15, 0.2) is 0 Å². The molecule has 7 nitrogen and oxygen atoms in total. The summed E-state index contributed by atoms with van der Waals surface area (Å²) in [6.07, 6.45) is -0.948. The van der Waals surface area contributed by atoms with E-state index >= 15 is 0 Å². The van der Waals surface area contributed by atoms with Crippen molar-refractivity contribution in [2.45, 2.75) is 6.10 Å². The Labute approximate surface area is 107 Å². The minimum atomic E-state index is -1.04. The monoisotopic (exact) mass is 266 g/mol. The third-order valence-electron chi connectivity index (χ3n) is 1.94. The molecule has 1 unspecified atom stereocenters. The molecule has 0 aromatic heterocycles. The summed E-state index contributed by atoms with van der Waals surface area (Å²) in [4.78, 5) is 10.7. The highest BCUT2D eigenvalue weighted by Gasteiger charge is 2.17. The van der Waals surface area contributed by atoms with E-state index in [1.165, 1.54) is 7.11 Å². The fourth-order valence-electron chi connectivity index (χ4n) is 1.06. The van der Waals surface area contributed by atoms with Gasteiger partial charge in [0, 0.05) is 14.2 Å². The summed E-state index contributed by atoms with van der Waals surface area (Å²) in [5, 5.41) is 8.75. The zero-order valence-electron chi connectivity index (χ0n) is 10.9. The van der Waals surface area contributed by atoms with Crippen LogP contribution in [0, 0.1) is 0 Å². The van der Waals surface area contributed by atoms with Crippen LogP contribution >= 0.6 is 0 Å². The van der Waals surface area contributed by atoms with Crippen molar-refractivity contribution in [3.63, 3.8) is 0 Å². The molecule has 0 bridgehead atoms. The molecule has 18 heavy (non-hydrogen) atoms. The number of hydrogen-bond donors (Lipinski definition) is 1. The Balaban J connectivity index is 3.30. The van der Waals surface area contributed by atoms with Crippen LogP contribution in [0.25, 0.3) is 0 Å². The average molecular weight is 266 g/mol. The van der Waals surface area contributed by atoms with Crippen molar-refractivity contribution in [1.82, 2.24) is 0 Å². The minimum absolute atomic E-state index is 0.0233. The Bertz CT molecular complexity index is 198. The van der Waals surface area contributed by atoms with Crippen molar-refractivity contribution in [2.75, 3.05) is 60.5 Å². The lowest BCUT2D eigenvalue weighted by Gasteiger charge is -2.12. The number of rotatable bonds is 13. The van der Waals surface area contributed by atoms with E-state index in [9.17, 15) is 4.79 Å². The number of ether oxygens (including phenoxy) is 5. The van der Waals surface area contributed by atoms with E-state index in [-0.39, 0.29) is 13.2 Å². The fraction of sp³-hybridized carbons (Fsp3) is 0.909. The van der Waals surface area contributed by atoms with Gasteiger partial charge in [-0.3, -0.25) is 0 Å². The molecule has 0 heterocycles. The Hall–Kier alpha value is -0.730. The van der Waals surface area contributed by atoms with Gasteiger partial charge in [-0.05, 0) is 0 Å². The third-order valence-corrected chi connectivity index (χ3v) is 1.94. The lowest BCUT2D eigenvalue weighted by Crippen LogP contribution is -2.30. The molecule has 0 aliphatic rings. The van der Waals surface area contributed by atoms with Gasteiger partial charge < -0.3 is 28.8 Å². The average Bonchev–Trinajstić information content (AvgIpc) is 2.35. The summed E-state index contributed by atoms with van der Waals surface area (Å²) >= 11 is 0. The molecule has 108 valence electrons. The van der Waals surface area contributed by atoms with E-state index in [1.54, 1.807) is 7.11 Å². The topological polar surface area (TPSA) is 83.5 Å². The summed E-state index contributed by atoms with van der Waals surface area (Å²) in [6.45, 7) is 2.56. The number of carbonyl (C=O) groups is 1. The summed E-state index contributed by atoms with van der Waals surface area (Å²) in [5.41, 5.74) is 0. The van der Waals surface area contributed by atoms with Gasteiger partial charge in [-0.15, -0.1) is 0 Å². The van der Waals surface area contributed by atoms with E-state index in [2.05, 4.69) is 0 Å². The van der Waals surface area contributed by atoms with Crippen molar-refractivity contribution in [3.8, 4) is 0 Å². The van der Waals surface area contributed by atoms with Crippen molar-refractivity contribution in [3.05, 3.63) is 0 Å². The molecule has 0 saturated heterocycles. The maximum Gasteiger partial charge on any atom is 0.335 e. The van der Waals surface area contributed by atoms with Gasteiger partial charge in [0.2, 0.25) is 0 Å². The molecule has 0 aromatic rings. The number of carboxylic acid groups (broad SMARTS) is 1. The van der Waals surface area contributed by atoms with Crippen LogP contribution in [-0.4, -0.2) is 77.6 Å². The first-order valence-corrected chi connectivity index (χ1v) is 5.70. The van der Waals surface area contributed by atoms with Crippen molar-refractivity contribution < 1.29 is 33.6 Å². The van der Waals surface area contributed by atoms with Crippen molar-refractivity contribution in [1.29, 1.82) is 0 Å². The van der Waals surface area contributed by atoms with Crippen LogP contribution in [0.2, 0.25) is 0 Å². The summed E-state index contributed by atoms with van der Waals surface area (Å²) < 4.78 is 25.0. The van der Waals surface area contributed by atoms with Gasteiger partial charge in [0.05, 0.1) is 46.2 Å². The number of methoxy groups -OCH3 is 2. The first-order valence-electron chi connectivity index (χ1n) is 5.70. The van der Waals surface area contributed by atoms with Gasteiger partial charge in [0.25, 0.3) is 0 Å². The molecule has 0 aliphatic heterocycles. The summed E-state index contributed by atoms with van der Waals surface area (Å²) in [5.74, 6) is -1.04. The van der Waals surface area contributed by atoms with Crippen LogP contribution in [-0.2, 0) is 28.5 Å². The van der Waals surface area contributed by atoms with Gasteiger partial charge in [0.15, 0.2) is 6.10 Å². The molecular weight excluding hydrogens is 244 g/mol. The minimum Gasteiger partial charge on any atom is -0.479 e. The van der Waals surface area contributed by atoms with Gasteiger partial charge >= 0.3 is 5.97 Å². The Kier molecular flexibility index (Phi) is 12.2. The highest BCUT2D eigenvalue weighted by molar-refractivity contribution is 5.72. The molecule has 1 atom stereocenters. The molecule has 1 N–H and O–H groups in total. The number of aliphatic carboxylic acids is 1.